The Kier molecular flexibility index (Phi) is 6.35. The van der Waals surface area contributed by atoms with Gasteiger partial charge >= 0.3 is 0 Å². The SMILES string of the molecule is COc1ccc(C(=O)CCC(=O)Nc2nc(C3CCNCC3)nn2C)cc1F. The zero-order valence-corrected chi connectivity index (χ0v) is 16.0. The molecule has 2 N–H and O–H groups in total. The summed E-state index contributed by atoms with van der Waals surface area (Å²) >= 11 is 0. The summed E-state index contributed by atoms with van der Waals surface area (Å²) in [4.78, 5) is 28.8. The van der Waals surface area contributed by atoms with Gasteiger partial charge in [-0.05, 0) is 44.1 Å². The number of methoxy groups -OCH3 is 1. The number of carbonyl (C=O) groups is 2. The van der Waals surface area contributed by atoms with E-state index in [2.05, 4.69) is 20.7 Å². The minimum absolute atomic E-state index is 0.0258. The molecule has 0 unspecified atom stereocenters. The zero-order chi connectivity index (χ0) is 20.1. The maximum Gasteiger partial charge on any atom is 0.227 e. The van der Waals surface area contributed by atoms with Crippen LogP contribution in [0.1, 0.15) is 47.8 Å². The topological polar surface area (TPSA) is 98.1 Å². The van der Waals surface area contributed by atoms with E-state index in [0.29, 0.717) is 5.95 Å². The second-order valence-corrected chi connectivity index (χ2v) is 6.76. The Morgan fingerprint density at radius 2 is 2.07 bits per heavy atom. The standard InChI is InChI=1S/C19H24FN5O3/c1-25-19(23-18(24-25)12-7-9-21-10-8-12)22-17(27)6-4-15(26)13-3-5-16(28-2)14(20)11-13/h3,5,11-12,21H,4,6-10H2,1-2H3,(H,22,23,24,27). The van der Waals surface area contributed by atoms with Crippen LogP contribution in [0.5, 0.6) is 5.75 Å². The number of amides is 1. The summed E-state index contributed by atoms with van der Waals surface area (Å²) in [6.07, 6.45) is 1.87. The quantitative estimate of drug-likeness (QED) is 0.703. The van der Waals surface area contributed by atoms with Crippen LogP contribution in [-0.2, 0) is 11.8 Å². The molecule has 0 aliphatic carbocycles. The minimum atomic E-state index is -0.609. The second kappa shape index (κ2) is 8.92. The molecule has 8 nitrogen and oxygen atoms in total. The van der Waals surface area contributed by atoms with Crippen molar-refractivity contribution in [3.63, 3.8) is 0 Å². The highest BCUT2D eigenvalue weighted by Gasteiger charge is 2.21. The summed E-state index contributed by atoms with van der Waals surface area (Å²) in [7, 11) is 3.08. The van der Waals surface area contributed by atoms with Crippen molar-refractivity contribution in [2.75, 3.05) is 25.5 Å². The number of Topliss-reactive ketones (excluding diaryl/α,β-unsaturated/α-hetero) is 1. The molecule has 1 amide bonds. The number of halogens is 1. The van der Waals surface area contributed by atoms with Crippen LogP contribution in [0.25, 0.3) is 0 Å². The van der Waals surface area contributed by atoms with E-state index < -0.39 is 5.82 Å². The third-order valence-electron chi connectivity index (χ3n) is 4.79. The number of benzene rings is 1. The molecule has 1 aliphatic rings. The van der Waals surface area contributed by atoms with Crippen LogP contribution in [0.2, 0.25) is 0 Å². The number of hydrogen-bond donors (Lipinski definition) is 2. The van der Waals surface area contributed by atoms with E-state index >= 15 is 0 Å². The highest BCUT2D eigenvalue weighted by molar-refractivity contribution is 5.99. The molecule has 0 atom stereocenters. The summed E-state index contributed by atoms with van der Waals surface area (Å²) in [5.74, 6) is 0.179. The number of nitrogens with one attached hydrogen (secondary N) is 2. The zero-order valence-electron chi connectivity index (χ0n) is 16.0. The van der Waals surface area contributed by atoms with Crippen molar-refractivity contribution in [2.45, 2.75) is 31.6 Å². The van der Waals surface area contributed by atoms with Gasteiger partial charge in [0.15, 0.2) is 23.2 Å². The van der Waals surface area contributed by atoms with Crippen LogP contribution in [0.15, 0.2) is 18.2 Å². The lowest BCUT2D eigenvalue weighted by Crippen LogP contribution is -2.27. The monoisotopic (exact) mass is 389 g/mol. The molecule has 1 saturated heterocycles. The first-order valence-corrected chi connectivity index (χ1v) is 9.26. The summed E-state index contributed by atoms with van der Waals surface area (Å²) < 4.78 is 20.1. The number of anilines is 1. The van der Waals surface area contributed by atoms with E-state index in [4.69, 9.17) is 4.74 Å². The average Bonchev–Trinajstić information content (AvgIpc) is 3.07. The largest absolute Gasteiger partial charge is 0.494 e. The van der Waals surface area contributed by atoms with Crippen molar-refractivity contribution in [1.29, 1.82) is 0 Å². The van der Waals surface area contributed by atoms with E-state index in [0.717, 1.165) is 37.8 Å². The molecule has 9 heteroatoms. The Morgan fingerprint density at radius 3 is 2.75 bits per heavy atom. The molecule has 0 saturated carbocycles. The molecule has 28 heavy (non-hydrogen) atoms. The lowest BCUT2D eigenvalue weighted by Gasteiger charge is -2.19. The van der Waals surface area contributed by atoms with Crippen molar-refractivity contribution in [3.8, 4) is 5.75 Å². The first-order valence-electron chi connectivity index (χ1n) is 9.26. The molecule has 1 aliphatic heterocycles. The number of nitrogens with zero attached hydrogens (tertiary/aromatic N) is 3. The molecule has 0 radical (unpaired) electrons. The molecular weight excluding hydrogens is 365 g/mol. The number of piperidine rings is 1. The van der Waals surface area contributed by atoms with E-state index in [1.54, 1.807) is 7.05 Å². The molecule has 1 aromatic heterocycles. The summed E-state index contributed by atoms with van der Waals surface area (Å²) in [6.45, 7) is 1.86. The van der Waals surface area contributed by atoms with Crippen LogP contribution in [-0.4, -0.2) is 46.7 Å². The number of ether oxygens (including phenoxy) is 1. The van der Waals surface area contributed by atoms with Gasteiger partial charge < -0.3 is 10.1 Å². The van der Waals surface area contributed by atoms with Crippen LogP contribution < -0.4 is 15.4 Å². The Hall–Kier alpha value is -2.81. The number of carbonyl (C=O) groups excluding carboxylic acids is 2. The highest BCUT2D eigenvalue weighted by Crippen LogP contribution is 2.23. The Bertz CT molecular complexity index is 861. The molecular formula is C19H24FN5O3. The van der Waals surface area contributed by atoms with Gasteiger partial charge in [-0.2, -0.15) is 10.1 Å². The van der Waals surface area contributed by atoms with E-state index in [-0.39, 0.29) is 41.8 Å². The van der Waals surface area contributed by atoms with Crippen molar-refractivity contribution >= 4 is 17.6 Å². The summed E-state index contributed by atoms with van der Waals surface area (Å²) in [6, 6.07) is 3.99. The lowest BCUT2D eigenvalue weighted by molar-refractivity contribution is -0.116. The number of rotatable bonds is 7. The molecule has 0 bridgehead atoms. The summed E-state index contributed by atoms with van der Waals surface area (Å²) in [5.41, 5.74) is 0.206. The van der Waals surface area contributed by atoms with Crippen LogP contribution in [0.3, 0.4) is 0 Å². The maximum atomic E-state index is 13.7. The molecule has 3 rings (SSSR count). The predicted molar refractivity (Wildman–Crippen MR) is 101 cm³/mol. The fraction of sp³-hybridized carbons (Fsp3) is 0.474. The Labute approximate surface area is 162 Å². The molecule has 1 fully saturated rings. The maximum absolute atomic E-state index is 13.7. The summed E-state index contributed by atoms with van der Waals surface area (Å²) in [5, 5.41) is 10.4. The van der Waals surface area contributed by atoms with Gasteiger partial charge in [0.1, 0.15) is 0 Å². The van der Waals surface area contributed by atoms with E-state index in [9.17, 15) is 14.0 Å². The van der Waals surface area contributed by atoms with Gasteiger partial charge in [-0.1, -0.05) is 0 Å². The van der Waals surface area contributed by atoms with Gasteiger partial charge in [0.05, 0.1) is 7.11 Å². The Balaban J connectivity index is 1.55. The van der Waals surface area contributed by atoms with Gasteiger partial charge in [0.25, 0.3) is 0 Å². The minimum Gasteiger partial charge on any atom is -0.494 e. The lowest BCUT2D eigenvalue weighted by atomic mass is 9.98. The van der Waals surface area contributed by atoms with Crippen LogP contribution >= 0.6 is 0 Å². The van der Waals surface area contributed by atoms with Crippen LogP contribution in [0, 0.1) is 5.82 Å². The van der Waals surface area contributed by atoms with Crippen molar-refractivity contribution in [3.05, 3.63) is 35.4 Å². The van der Waals surface area contributed by atoms with Crippen molar-refractivity contribution < 1.29 is 18.7 Å². The first-order chi connectivity index (χ1) is 13.5. The highest BCUT2D eigenvalue weighted by atomic mass is 19.1. The molecule has 2 heterocycles. The fourth-order valence-electron chi connectivity index (χ4n) is 3.16. The van der Waals surface area contributed by atoms with Crippen molar-refractivity contribution in [1.82, 2.24) is 20.1 Å². The predicted octanol–water partition coefficient (Wildman–Crippen LogP) is 2.03. The second-order valence-electron chi connectivity index (χ2n) is 6.76. The normalized spacial score (nSPS) is 14.7. The number of hydrogen-bond acceptors (Lipinski definition) is 6. The number of aryl methyl sites for hydroxylation is 1. The molecule has 2 aromatic rings. The van der Waals surface area contributed by atoms with Crippen molar-refractivity contribution in [2.24, 2.45) is 7.05 Å². The van der Waals surface area contributed by atoms with Gasteiger partial charge in [-0.15, -0.1) is 0 Å². The van der Waals surface area contributed by atoms with Gasteiger partial charge in [0.2, 0.25) is 11.9 Å². The fourth-order valence-corrected chi connectivity index (χ4v) is 3.16. The first kappa shape index (κ1) is 19.9. The molecule has 0 spiro atoms. The molecule has 150 valence electrons. The third kappa shape index (κ3) is 4.72. The third-order valence-corrected chi connectivity index (χ3v) is 4.79. The number of ketones is 1. The van der Waals surface area contributed by atoms with E-state index in [1.807, 2.05) is 0 Å². The Morgan fingerprint density at radius 1 is 1.32 bits per heavy atom. The smallest absolute Gasteiger partial charge is 0.227 e. The van der Waals surface area contributed by atoms with Gasteiger partial charge in [-0.3, -0.25) is 14.9 Å². The average molecular weight is 389 g/mol. The number of aromatic nitrogens is 3. The van der Waals surface area contributed by atoms with E-state index in [1.165, 1.54) is 23.9 Å². The van der Waals surface area contributed by atoms with Crippen LogP contribution in [0.4, 0.5) is 10.3 Å². The van der Waals surface area contributed by atoms with Gasteiger partial charge in [0, 0.05) is 31.4 Å². The van der Waals surface area contributed by atoms with Gasteiger partial charge in [-0.25, -0.2) is 9.07 Å². The molecule has 1 aromatic carbocycles.